The predicted octanol–water partition coefficient (Wildman–Crippen LogP) is 4.09. The maximum absolute atomic E-state index is 13.0. The van der Waals surface area contributed by atoms with Crippen LogP contribution in [-0.4, -0.2) is 50.4 Å². The van der Waals surface area contributed by atoms with Crippen LogP contribution in [0, 0.1) is 13.8 Å². The number of thiazole rings is 1. The van der Waals surface area contributed by atoms with E-state index in [-0.39, 0.29) is 4.90 Å². The molecule has 1 aliphatic rings. The summed E-state index contributed by atoms with van der Waals surface area (Å²) in [4.78, 5) is 6.93. The number of benzene rings is 2. The number of hydrogen-bond acceptors (Lipinski definition) is 5. The van der Waals surface area contributed by atoms with Crippen LogP contribution in [0.4, 0.5) is 0 Å². The minimum absolute atomic E-state index is 0.198. The van der Waals surface area contributed by atoms with Gasteiger partial charge in [0.05, 0.1) is 30.2 Å². The molecule has 3 aromatic rings. The standard InChI is InChI=1S/C23H25N3O3S2/c1-17-3-7-19(8-4-17)21-16-30-23(24-21)15-22(26-11-13-29-14-12-26)25-31(27,28)20-9-5-18(2)6-10-20/h3-10,16H,11-15H2,1-2H3/b25-22+. The van der Waals surface area contributed by atoms with Crippen molar-refractivity contribution in [1.82, 2.24) is 9.88 Å². The van der Waals surface area contributed by atoms with Gasteiger partial charge in [0.25, 0.3) is 10.0 Å². The van der Waals surface area contributed by atoms with Crippen LogP contribution in [0.25, 0.3) is 11.3 Å². The maximum Gasteiger partial charge on any atom is 0.283 e. The summed E-state index contributed by atoms with van der Waals surface area (Å²) in [6.45, 7) is 6.30. The first kappa shape index (κ1) is 21.7. The topological polar surface area (TPSA) is 71.9 Å². The van der Waals surface area contributed by atoms with Crippen LogP contribution in [0.15, 0.2) is 63.2 Å². The molecule has 0 aliphatic carbocycles. The average Bonchev–Trinajstić information content (AvgIpc) is 3.23. The molecule has 0 amide bonds. The van der Waals surface area contributed by atoms with E-state index in [9.17, 15) is 8.42 Å². The monoisotopic (exact) mass is 455 g/mol. The summed E-state index contributed by atoms with van der Waals surface area (Å²) in [5.74, 6) is 0.508. The van der Waals surface area contributed by atoms with Gasteiger partial charge in [-0.1, -0.05) is 47.5 Å². The van der Waals surface area contributed by atoms with E-state index in [1.165, 1.54) is 16.9 Å². The third kappa shape index (κ3) is 5.39. The van der Waals surface area contributed by atoms with Crippen molar-refractivity contribution >= 4 is 27.2 Å². The highest BCUT2D eigenvalue weighted by Gasteiger charge is 2.22. The zero-order valence-electron chi connectivity index (χ0n) is 17.6. The fraction of sp³-hybridized carbons (Fsp3) is 0.304. The second-order valence-corrected chi connectivity index (χ2v) is 10.1. The summed E-state index contributed by atoms with van der Waals surface area (Å²) in [5.41, 5.74) is 4.14. The fourth-order valence-electron chi connectivity index (χ4n) is 3.31. The van der Waals surface area contributed by atoms with Crippen LogP contribution in [0.3, 0.4) is 0 Å². The summed E-state index contributed by atoms with van der Waals surface area (Å²) in [6.07, 6.45) is 0.363. The molecule has 0 spiro atoms. The van der Waals surface area contributed by atoms with Crippen LogP contribution in [0.1, 0.15) is 16.1 Å². The Morgan fingerprint density at radius 2 is 1.65 bits per heavy atom. The largest absolute Gasteiger partial charge is 0.378 e. The Morgan fingerprint density at radius 1 is 1.03 bits per heavy atom. The van der Waals surface area contributed by atoms with E-state index >= 15 is 0 Å². The lowest BCUT2D eigenvalue weighted by atomic mass is 10.1. The molecule has 0 N–H and O–H groups in total. The van der Waals surface area contributed by atoms with E-state index in [4.69, 9.17) is 9.72 Å². The summed E-state index contributed by atoms with van der Waals surface area (Å²) in [7, 11) is -3.81. The summed E-state index contributed by atoms with van der Waals surface area (Å²) < 4.78 is 35.7. The highest BCUT2D eigenvalue weighted by Crippen LogP contribution is 2.24. The Bertz CT molecular complexity index is 1160. The molecule has 2 heterocycles. The van der Waals surface area contributed by atoms with Crippen molar-refractivity contribution in [3.05, 3.63) is 70.0 Å². The molecule has 0 unspecified atom stereocenters. The number of aryl methyl sites for hydroxylation is 2. The zero-order valence-corrected chi connectivity index (χ0v) is 19.2. The lowest BCUT2D eigenvalue weighted by Gasteiger charge is -2.29. The van der Waals surface area contributed by atoms with Crippen molar-refractivity contribution in [2.75, 3.05) is 26.3 Å². The van der Waals surface area contributed by atoms with Gasteiger partial charge in [-0.15, -0.1) is 15.7 Å². The summed E-state index contributed by atoms with van der Waals surface area (Å²) in [5, 5.41) is 2.84. The molecule has 6 nitrogen and oxygen atoms in total. The molecule has 8 heteroatoms. The van der Waals surface area contributed by atoms with Crippen molar-refractivity contribution in [2.24, 2.45) is 4.40 Å². The molecular weight excluding hydrogens is 430 g/mol. The molecule has 162 valence electrons. The number of sulfonamides is 1. The first-order valence-electron chi connectivity index (χ1n) is 10.2. The lowest BCUT2D eigenvalue weighted by Crippen LogP contribution is -2.42. The number of rotatable bonds is 5. The van der Waals surface area contributed by atoms with E-state index in [1.54, 1.807) is 24.3 Å². The number of ether oxygens (including phenoxy) is 1. The number of nitrogens with zero attached hydrogens (tertiary/aromatic N) is 3. The third-order valence-corrected chi connectivity index (χ3v) is 7.30. The first-order chi connectivity index (χ1) is 14.9. The maximum atomic E-state index is 13.0. The Balaban J connectivity index is 1.63. The second-order valence-electron chi connectivity index (χ2n) is 7.56. The van der Waals surface area contributed by atoms with Crippen LogP contribution in [0.5, 0.6) is 0 Å². The van der Waals surface area contributed by atoms with E-state index in [0.717, 1.165) is 21.8 Å². The SMILES string of the molecule is Cc1ccc(-c2csc(C/C(=N\S(=O)(=O)c3ccc(C)cc3)N3CCOCC3)n2)cc1. The predicted molar refractivity (Wildman–Crippen MR) is 124 cm³/mol. The van der Waals surface area contributed by atoms with Crippen molar-refractivity contribution in [3.8, 4) is 11.3 Å². The third-order valence-electron chi connectivity index (χ3n) is 5.13. The van der Waals surface area contributed by atoms with Gasteiger partial charge in [-0.25, -0.2) is 4.98 Å². The fourth-order valence-corrected chi connectivity index (χ4v) is 5.15. The van der Waals surface area contributed by atoms with Gasteiger partial charge >= 0.3 is 0 Å². The molecule has 0 radical (unpaired) electrons. The number of amidine groups is 1. The van der Waals surface area contributed by atoms with Crippen molar-refractivity contribution in [1.29, 1.82) is 0 Å². The van der Waals surface area contributed by atoms with Gasteiger partial charge in [-0.05, 0) is 26.0 Å². The average molecular weight is 456 g/mol. The van der Waals surface area contributed by atoms with E-state index in [0.29, 0.717) is 38.6 Å². The Kier molecular flexibility index (Phi) is 6.50. The van der Waals surface area contributed by atoms with Gasteiger partial charge in [0.1, 0.15) is 10.8 Å². The van der Waals surface area contributed by atoms with Crippen LogP contribution in [-0.2, 0) is 21.2 Å². The molecule has 4 rings (SSSR count). The van der Waals surface area contributed by atoms with E-state index < -0.39 is 10.0 Å². The van der Waals surface area contributed by atoms with Gasteiger partial charge in [0.2, 0.25) is 0 Å². The molecule has 0 saturated carbocycles. The molecule has 1 aliphatic heterocycles. The smallest absolute Gasteiger partial charge is 0.283 e. The van der Waals surface area contributed by atoms with Crippen molar-refractivity contribution in [3.63, 3.8) is 0 Å². The molecular formula is C23H25N3O3S2. The Morgan fingerprint density at radius 3 is 2.29 bits per heavy atom. The number of aromatic nitrogens is 1. The molecule has 0 bridgehead atoms. The van der Waals surface area contributed by atoms with Gasteiger partial charge in [0.15, 0.2) is 0 Å². The van der Waals surface area contributed by atoms with E-state index in [1.807, 2.05) is 29.3 Å². The normalized spacial score (nSPS) is 15.3. The quantitative estimate of drug-likeness (QED) is 0.428. The highest BCUT2D eigenvalue weighted by molar-refractivity contribution is 7.90. The van der Waals surface area contributed by atoms with Crippen molar-refractivity contribution in [2.45, 2.75) is 25.2 Å². The molecule has 2 aromatic carbocycles. The van der Waals surface area contributed by atoms with Gasteiger partial charge in [-0.2, -0.15) is 8.42 Å². The highest BCUT2D eigenvalue weighted by atomic mass is 32.2. The number of hydrogen-bond donors (Lipinski definition) is 0. The van der Waals surface area contributed by atoms with Crippen LogP contribution in [0.2, 0.25) is 0 Å². The minimum Gasteiger partial charge on any atom is -0.378 e. The summed E-state index contributed by atoms with van der Waals surface area (Å²) >= 11 is 1.52. The zero-order chi connectivity index (χ0) is 21.8. The summed E-state index contributed by atoms with van der Waals surface area (Å²) in [6, 6.07) is 15.0. The van der Waals surface area contributed by atoms with Gasteiger partial charge < -0.3 is 9.64 Å². The number of morpholine rings is 1. The van der Waals surface area contributed by atoms with Gasteiger partial charge in [0, 0.05) is 24.0 Å². The van der Waals surface area contributed by atoms with Gasteiger partial charge in [-0.3, -0.25) is 0 Å². The molecule has 1 saturated heterocycles. The minimum atomic E-state index is -3.81. The molecule has 1 aromatic heterocycles. The first-order valence-corrected chi connectivity index (χ1v) is 12.5. The lowest BCUT2D eigenvalue weighted by molar-refractivity contribution is 0.0675. The van der Waals surface area contributed by atoms with Crippen LogP contribution < -0.4 is 0 Å². The molecule has 0 atom stereocenters. The molecule has 1 fully saturated rings. The second kappa shape index (κ2) is 9.30. The Hall–Kier alpha value is -2.55. The van der Waals surface area contributed by atoms with E-state index in [2.05, 4.69) is 23.5 Å². The molecule has 31 heavy (non-hydrogen) atoms. The van der Waals surface area contributed by atoms with Crippen LogP contribution >= 0.6 is 11.3 Å². The Labute approximate surface area is 187 Å². The van der Waals surface area contributed by atoms with Crippen molar-refractivity contribution < 1.29 is 13.2 Å².